The molecule has 1 atom stereocenters. The molecule has 1 heterocycles. The van der Waals surface area contributed by atoms with E-state index in [4.69, 9.17) is 4.99 Å². The van der Waals surface area contributed by atoms with Crippen LogP contribution in [0, 0.1) is 0 Å². The molecule has 0 radical (unpaired) electrons. The maximum absolute atomic E-state index is 11.7. The van der Waals surface area contributed by atoms with Gasteiger partial charge in [-0.3, -0.25) is 14.6 Å². The lowest BCUT2D eigenvalue weighted by molar-refractivity contribution is -0.131. The summed E-state index contributed by atoms with van der Waals surface area (Å²) in [4.78, 5) is 22.5. The zero-order valence-corrected chi connectivity index (χ0v) is 12.8. The second-order valence-corrected chi connectivity index (χ2v) is 4.47. The molecule has 19 heavy (non-hydrogen) atoms. The summed E-state index contributed by atoms with van der Waals surface area (Å²) < 4.78 is 0. The topological polar surface area (TPSA) is 39.1 Å². The summed E-state index contributed by atoms with van der Waals surface area (Å²) in [6.07, 6.45) is 3.56. The van der Waals surface area contributed by atoms with Crippen molar-refractivity contribution in [2.75, 3.05) is 26.2 Å². The fourth-order valence-electron chi connectivity index (χ4n) is 2.26. The quantitative estimate of drug-likeness (QED) is 0.760. The summed E-state index contributed by atoms with van der Waals surface area (Å²) in [5.41, 5.74) is 0. The number of hydrogen-bond acceptors (Lipinski definition) is 4. The van der Waals surface area contributed by atoms with Gasteiger partial charge in [-0.25, -0.2) is 4.99 Å². The van der Waals surface area contributed by atoms with Crippen LogP contribution in [0.2, 0.25) is 0 Å². The number of aliphatic imine (C=N–C) groups is 1. The number of rotatable bonds is 5. The lowest BCUT2D eigenvalue weighted by atomic mass is 10.3. The normalized spacial score (nSPS) is 18.7. The molecule has 1 aliphatic rings. The molecule has 0 aromatic rings. The second-order valence-electron chi connectivity index (χ2n) is 4.47. The molecular weight excluding hydrogens is 240 g/mol. The Kier molecular flexibility index (Phi) is 6.02. The van der Waals surface area contributed by atoms with Gasteiger partial charge in [0.25, 0.3) is 0 Å². The predicted octanol–water partition coefficient (Wildman–Crippen LogP) is 1.73. The summed E-state index contributed by atoms with van der Waals surface area (Å²) >= 11 is 0. The number of amides is 1. The van der Waals surface area contributed by atoms with Crippen molar-refractivity contribution < 1.29 is 4.79 Å². The average Bonchev–Trinajstić information content (AvgIpc) is 2.41. The Balaban J connectivity index is 3.03. The first kappa shape index (κ1) is 15.7. The van der Waals surface area contributed by atoms with Gasteiger partial charge in [-0.2, -0.15) is 0 Å². The van der Waals surface area contributed by atoms with Gasteiger partial charge in [-0.1, -0.05) is 13.8 Å². The first-order valence-electron chi connectivity index (χ1n) is 7.12. The Morgan fingerprint density at radius 3 is 2.21 bits per heavy atom. The Bertz CT molecular complexity index is 356. The number of amidine groups is 1. The molecule has 0 N–H and O–H groups in total. The molecule has 108 valence electrons. The summed E-state index contributed by atoms with van der Waals surface area (Å²) in [7, 11) is 0. The van der Waals surface area contributed by atoms with Gasteiger partial charge in [0.05, 0.1) is 0 Å². The zero-order valence-electron chi connectivity index (χ0n) is 12.8. The fraction of sp³-hybridized carbons (Fsp3) is 0.714. The Morgan fingerprint density at radius 2 is 1.79 bits per heavy atom. The summed E-state index contributed by atoms with van der Waals surface area (Å²) in [6.45, 7) is 13.6. The van der Waals surface area contributed by atoms with E-state index in [1.165, 1.54) is 0 Å². The number of carbonyl (C=O) groups excluding carboxylic acids is 1. The first-order chi connectivity index (χ1) is 9.08. The van der Waals surface area contributed by atoms with Crippen molar-refractivity contribution in [2.24, 2.45) is 4.99 Å². The summed E-state index contributed by atoms with van der Waals surface area (Å²) in [5, 5.41) is 0. The van der Waals surface area contributed by atoms with Crippen LogP contribution in [-0.4, -0.2) is 58.9 Å². The third-order valence-corrected chi connectivity index (χ3v) is 3.47. The molecule has 1 aliphatic heterocycles. The van der Waals surface area contributed by atoms with Gasteiger partial charge < -0.3 is 4.90 Å². The third-order valence-electron chi connectivity index (χ3n) is 3.47. The highest BCUT2D eigenvalue weighted by atomic mass is 16.2. The minimum absolute atomic E-state index is 0.0236. The minimum atomic E-state index is -0.215. The molecule has 1 amide bonds. The SMILES string of the molecule is CCN(CC)C1=NC(N(CC)CC)N(C(C)=O)C=C1. The lowest BCUT2D eigenvalue weighted by Gasteiger charge is -2.37. The van der Waals surface area contributed by atoms with Crippen LogP contribution in [0.3, 0.4) is 0 Å². The molecular formula is C14H26N4O. The van der Waals surface area contributed by atoms with E-state index < -0.39 is 0 Å². The van der Waals surface area contributed by atoms with Crippen molar-refractivity contribution in [3.05, 3.63) is 12.3 Å². The zero-order chi connectivity index (χ0) is 14.4. The highest BCUT2D eigenvalue weighted by molar-refractivity contribution is 5.94. The number of likely N-dealkylation sites (N-methyl/N-ethyl adjacent to an activating group) is 1. The second kappa shape index (κ2) is 7.28. The van der Waals surface area contributed by atoms with Gasteiger partial charge in [-0.05, 0) is 33.0 Å². The standard InChI is InChI=1S/C14H26N4O/c1-6-16(7-2)13-10-11-18(12(5)19)14(15-13)17(8-3)9-4/h10-11,14H,6-9H2,1-5H3. The Morgan fingerprint density at radius 1 is 1.21 bits per heavy atom. The van der Waals surface area contributed by atoms with Crippen molar-refractivity contribution in [3.63, 3.8) is 0 Å². The lowest BCUT2D eigenvalue weighted by Crippen LogP contribution is -2.50. The number of carbonyl (C=O) groups is 1. The maximum atomic E-state index is 11.7. The maximum Gasteiger partial charge on any atom is 0.226 e. The molecule has 0 saturated heterocycles. The molecule has 0 saturated carbocycles. The highest BCUT2D eigenvalue weighted by Crippen LogP contribution is 2.15. The number of nitrogens with zero attached hydrogens (tertiary/aromatic N) is 4. The van der Waals surface area contributed by atoms with E-state index in [0.717, 1.165) is 32.0 Å². The van der Waals surface area contributed by atoms with E-state index in [1.807, 2.05) is 12.3 Å². The molecule has 0 aliphatic carbocycles. The van der Waals surface area contributed by atoms with E-state index in [-0.39, 0.29) is 12.2 Å². The fourth-order valence-corrected chi connectivity index (χ4v) is 2.26. The van der Waals surface area contributed by atoms with Crippen LogP contribution in [0.1, 0.15) is 34.6 Å². The third kappa shape index (κ3) is 3.56. The van der Waals surface area contributed by atoms with Crippen LogP contribution in [0.5, 0.6) is 0 Å². The van der Waals surface area contributed by atoms with Crippen LogP contribution >= 0.6 is 0 Å². The Labute approximate surface area is 116 Å². The van der Waals surface area contributed by atoms with E-state index >= 15 is 0 Å². The Hall–Kier alpha value is -1.36. The van der Waals surface area contributed by atoms with Crippen LogP contribution < -0.4 is 0 Å². The molecule has 5 nitrogen and oxygen atoms in total. The van der Waals surface area contributed by atoms with E-state index in [1.54, 1.807) is 11.8 Å². The van der Waals surface area contributed by atoms with Crippen LogP contribution in [0.25, 0.3) is 0 Å². The molecule has 5 heteroatoms. The van der Waals surface area contributed by atoms with Crippen molar-refractivity contribution in [1.82, 2.24) is 14.7 Å². The number of hydrogen-bond donors (Lipinski definition) is 0. The van der Waals surface area contributed by atoms with Crippen molar-refractivity contribution in [2.45, 2.75) is 40.9 Å². The smallest absolute Gasteiger partial charge is 0.226 e. The van der Waals surface area contributed by atoms with Gasteiger partial charge >= 0.3 is 0 Å². The monoisotopic (exact) mass is 266 g/mol. The molecule has 0 aromatic heterocycles. The van der Waals surface area contributed by atoms with E-state index in [9.17, 15) is 4.79 Å². The van der Waals surface area contributed by atoms with Crippen molar-refractivity contribution >= 4 is 11.7 Å². The van der Waals surface area contributed by atoms with E-state index in [2.05, 4.69) is 37.5 Å². The van der Waals surface area contributed by atoms with Crippen LogP contribution in [-0.2, 0) is 4.79 Å². The van der Waals surface area contributed by atoms with Crippen molar-refractivity contribution in [3.8, 4) is 0 Å². The molecule has 0 bridgehead atoms. The average molecular weight is 266 g/mol. The highest BCUT2D eigenvalue weighted by Gasteiger charge is 2.27. The van der Waals surface area contributed by atoms with Gasteiger partial charge in [0.2, 0.25) is 5.91 Å². The molecule has 0 spiro atoms. The van der Waals surface area contributed by atoms with Gasteiger partial charge in [-0.15, -0.1) is 0 Å². The predicted molar refractivity (Wildman–Crippen MR) is 78.7 cm³/mol. The minimum Gasteiger partial charge on any atom is -0.357 e. The molecule has 1 rings (SSSR count). The molecule has 0 aromatic carbocycles. The molecule has 1 unspecified atom stereocenters. The van der Waals surface area contributed by atoms with Crippen LogP contribution in [0.4, 0.5) is 0 Å². The largest absolute Gasteiger partial charge is 0.357 e. The summed E-state index contributed by atoms with van der Waals surface area (Å²) in [5.74, 6) is 0.981. The summed E-state index contributed by atoms with van der Waals surface area (Å²) in [6, 6.07) is 0. The molecule has 0 fully saturated rings. The van der Waals surface area contributed by atoms with Crippen molar-refractivity contribution in [1.29, 1.82) is 0 Å². The van der Waals surface area contributed by atoms with Gasteiger partial charge in [0.15, 0.2) is 6.29 Å². The first-order valence-corrected chi connectivity index (χ1v) is 7.12. The van der Waals surface area contributed by atoms with Gasteiger partial charge in [0.1, 0.15) is 5.84 Å². The van der Waals surface area contributed by atoms with E-state index in [0.29, 0.717) is 0 Å². The van der Waals surface area contributed by atoms with Gasteiger partial charge in [0, 0.05) is 26.2 Å². The van der Waals surface area contributed by atoms with Crippen LogP contribution in [0.15, 0.2) is 17.3 Å².